The van der Waals surface area contributed by atoms with E-state index >= 15 is 0 Å². The molecule has 2 fully saturated rings. The number of aryl methyl sites for hydroxylation is 1. The summed E-state index contributed by atoms with van der Waals surface area (Å²) < 4.78 is 0. The maximum absolute atomic E-state index is 10.4. The lowest BCUT2D eigenvalue weighted by Crippen LogP contribution is -2.43. The maximum Gasteiger partial charge on any atom is 0.115 e. The second kappa shape index (κ2) is 5.13. The van der Waals surface area contributed by atoms with Gasteiger partial charge in [-0.15, -0.1) is 0 Å². The second-order valence-corrected chi connectivity index (χ2v) is 7.44. The molecule has 5 atom stereocenters. The molecule has 0 heterocycles. The molecule has 1 aromatic rings. The Bertz CT molecular complexity index is 544. The van der Waals surface area contributed by atoms with Crippen LogP contribution in [-0.2, 0) is 6.42 Å². The van der Waals surface area contributed by atoms with Crippen molar-refractivity contribution < 1.29 is 10.2 Å². The zero-order chi connectivity index (χ0) is 13.9. The highest BCUT2D eigenvalue weighted by Gasteiger charge is 2.54. The van der Waals surface area contributed by atoms with Gasteiger partial charge < -0.3 is 10.2 Å². The predicted molar refractivity (Wildman–Crippen MR) is 84.5 cm³/mol. The molecular formula is C18H24O2Si. The van der Waals surface area contributed by atoms with Gasteiger partial charge in [0.05, 0.1) is 6.10 Å². The summed E-state index contributed by atoms with van der Waals surface area (Å²) in [7, 11) is 0. The number of benzene rings is 1. The number of phenolic OH excluding ortho intramolecular Hbond substituents is 1. The Kier molecular flexibility index (Phi) is 3.69. The number of phenols is 1. The number of hydrogen-bond donors (Lipinski definition) is 2. The molecule has 0 aromatic heterocycles. The Hall–Kier alpha value is -0.803. The quantitative estimate of drug-likeness (QED) is 0.722. The summed E-state index contributed by atoms with van der Waals surface area (Å²) in [4.78, 5) is 0. The normalized spacial score (nSPS) is 40.7. The fourth-order valence-corrected chi connectivity index (χ4v) is 5.54. The van der Waals surface area contributed by atoms with Gasteiger partial charge in [-0.1, -0.05) is 13.0 Å². The van der Waals surface area contributed by atoms with E-state index in [-0.39, 0.29) is 22.5 Å². The molecular weight excluding hydrogens is 276 g/mol. The largest absolute Gasteiger partial charge is 0.508 e. The number of fused-ring (bicyclic) bond motifs is 5. The van der Waals surface area contributed by atoms with Gasteiger partial charge in [-0.05, 0) is 85.0 Å². The number of rotatable bonds is 0. The molecule has 2 nitrogen and oxygen atoms in total. The predicted octanol–water partition coefficient (Wildman–Crippen LogP) is 3.23. The van der Waals surface area contributed by atoms with Crippen LogP contribution in [0, 0.1) is 17.3 Å². The Balaban J connectivity index is 0.00000132. The van der Waals surface area contributed by atoms with Gasteiger partial charge in [-0.25, -0.2) is 0 Å². The third kappa shape index (κ3) is 2.08. The van der Waals surface area contributed by atoms with Gasteiger partial charge in [0, 0.05) is 11.0 Å². The van der Waals surface area contributed by atoms with Gasteiger partial charge >= 0.3 is 0 Å². The van der Waals surface area contributed by atoms with E-state index < -0.39 is 0 Å². The van der Waals surface area contributed by atoms with Crippen molar-refractivity contribution in [1.29, 1.82) is 0 Å². The first-order valence-electron chi connectivity index (χ1n) is 8.09. The van der Waals surface area contributed by atoms with Gasteiger partial charge in [0.2, 0.25) is 0 Å². The molecule has 0 aliphatic heterocycles. The van der Waals surface area contributed by atoms with E-state index in [0.717, 1.165) is 25.2 Å². The van der Waals surface area contributed by atoms with Crippen molar-refractivity contribution in [3.05, 3.63) is 29.3 Å². The summed E-state index contributed by atoms with van der Waals surface area (Å²) in [5.74, 6) is 2.49. The van der Waals surface area contributed by atoms with Crippen LogP contribution in [0.3, 0.4) is 0 Å². The standard InChI is InChI=1S/C18H24O2.Si/c1-18-9-8-14-13-5-3-12(19)10-11(13)2-4-15(14)16(18)6-7-17(18)20;/h3,5,10,14-17,19-20H,2,4,6-9H2,1H3;/t14-,15-,16+,17?,18+;/m1./s1. The van der Waals surface area contributed by atoms with Crippen LogP contribution in [0.2, 0.25) is 0 Å². The zero-order valence-electron chi connectivity index (χ0n) is 12.7. The monoisotopic (exact) mass is 300 g/mol. The first kappa shape index (κ1) is 15.1. The van der Waals surface area contributed by atoms with Crippen molar-refractivity contribution in [3.63, 3.8) is 0 Å². The number of aliphatic hydroxyl groups is 1. The third-order valence-electron chi connectivity index (χ3n) is 6.66. The number of hydrogen-bond acceptors (Lipinski definition) is 2. The smallest absolute Gasteiger partial charge is 0.115 e. The van der Waals surface area contributed by atoms with E-state index in [1.165, 1.54) is 30.4 Å². The van der Waals surface area contributed by atoms with Gasteiger partial charge in [-0.2, -0.15) is 0 Å². The molecule has 4 rings (SSSR count). The highest BCUT2D eigenvalue weighted by atomic mass is 28.1. The molecule has 3 aliphatic carbocycles. The minimum atomic E-state index is -0.0883. The summed E-state index contributed by atoms with van der Waals surface area (Å²) >= 11 is 0. The topological polar surface area (TPSA) is 40.5 Å². The van der Waals surface area contributed by atoms with Crippen LogP contribution in [0.4, 0.5) is 0 Å². The summed E-state index contributed by atoms with van der Waals surface area (Å²) in [6.07, 6.45) is 6.78. The second-order valence-electron chi connectivity index (χ2n) is 7.44. The van der Waals surface area contributed by atoms with E-state index in [1.807, 2.05) is 12.1 Å². The van der Waals surface area contributed by atoms with E-state index in [1.54, 1.807) is 0 Å². The molecule has 1 aromatic carbocycles. The van der Waals surface area contributed by atoms with Crippen LogP contribution in [-0.4, -0.2) is 27.3 Å². The lowest BCUT2D eigenvalue weighted by atomic mass is 9.55. The van der Waals surface area contributed by atoms with Crippen molar-refractivity contribution in [1.82, 2.24) is 0 Å². The summed E-state index contributed by atoms with van der Waals surface area (Å²) in [5.41, 5.74) is 2.99. The van der Waals surface area contributed by atoms with Gasteiger partial charge in [0.1, 0.15) is 5.75 Å². The van der Waals surface area contributed by atoms with Crippen molar-refractivity contribution in [3.8, 4) is 5.75 Å². The van der Waals surface area contributed by atoms with Crippen molar-refractivity contribution in [2.24, 2.45) is 17.3 Å². The van der Waals surface area contributed by atoms with E-state index in [9.17, 15) is 10.2 Å². The Morgan fingerprint density at radius 1 is 1.14 bits per heavy atom. The Morgan fingerprint density at radius 3 is 2.76 bits per heavy atom. The molecule has 0 spiro atoms. The van der Waals surface area contributed by atoms with Crippen LogP contribution in [0.5, 0.6) is 5.75 Å². The molecule has 1 unspecified atom stereocenters. The van der Waals surface area contributed by atoms with Crippen molar-refractivity contribution >= 4 is 11.0 Å². The first-order chi connectivity index (χ1) is 9.59. The van der Waals surface area contributed by atoms with E-state index in [4.69, 9.17) is 0 Å². The Morgan fingerprint density at radius 2 is 1.95 bits per heavy atom. The minimum absolute atomic E-state index is 0. The average Bonchev–Trinajstić information content (AvgIpc) is 2.74. The lowest BCUT2D eigenvalue weighted by Gasteiger charge is -2.50. The molecule has 0 bridgehead atoms. The first-order valence-corrected chi connectivity index (χ1v) is 8.09. The van der Waals surface area contributed by atoms with Crippen molar-refractivity contribution in [2.45, 2.75) is 57.5 Å². The minimum Gasteiger partial charge on any atom is -0.508 e. The van der Waals surface area contributed by atoms with Gasteiger partial charge in [-0.3, -0.25) is 0 Å². The molecule has 3 heteroatoms. The molecule has 3 aliphatic rings. The summed E-state index contributed by atoms with van der Waals surface area (Å²) in [6.45, 7) is 2.32. The van der Waals surface area contributed by atoms with Gasteiger partial charge in [0.15, 0.2) is 0 Å². The molecule has 4 radical (unpaired) electrons. The van der Waals surface area contributed by atoms with Crippen molar-refractivity contribution in [2.75, 3.05) is 0 Å². The van der Waals surface area contributed by atoms with Gasteiger partial charge in [0.25, 0.3) is 0 Å². The number of aromatic hydroxyl groups is 1. The molecule has 2 saturated carbocycles. The SMILES string of the molecule is C[C@]12CC[C@@H]3c4ccc(O)cc4CC[C@H]3[C@@H]1CCC2O.[Si]. The lowest BCUT2D eigenvalue weighted by molar-refractivity contribution is -0.0226. The molecule has 0 saturated heterocycles. The van der Waals surface area contributed by atoms with E-state index in [0.29, 0.717) is 17.6 Å². The maximum atomic E-state index is 10.4. The number of aliphatic hydroxyl groups excluding tert-OH is 1. The highest BCUT2D eigenvalue weighted by Crippen LogP contribution is 2.60. The zero-order valence-corrected chi connectivity index (χ0v) is 13.7. The molecule has 21 heavy (non-hydrogen) atoms. The molecule has 112 valence electrons. The molecule has 0 amide bonds. The van der Waals surface area contributed by atoms with Crippen LogP contribution in [0.1, 0.15) is 56.1 Å². The average molecular weight is 300 g/mol. The van der Waals surface area contributed by atoms with Crippen LogP contribution < -0.4 is 0 Å². The summed E-state index contributed by atoms with van der Waals surface area (Å²) in [5, 5.41) is 20.0. The fraction of sp³-hybridized carbons (Fsp3) is 0.667. The van der Waals surface area contributed by atoms with Crippen LogP contribution in [0.15, 0.2) is 18.2 Å². The van der Waals surface area contributed by atoms with E-state index in [2.05, 4.69) is 13.0 Å². The molecule has 2 N–H and O–H groups in total. The fourth-order valence-electron chi connectivity index (χ4n) is 5.54. The third-order valence-corrected chi connectivity index (χ3v) is 6.66. The highest BCUT2D eigenvalue weighted by molar-refractivity contribution is 5.75. The van der Waals surface area contributed by atoms with Crippen LogP contribution >= 0.6 is 0 Å². The van der Waals surface area contributed by atoms with Crippen LogP contribution in [0.25, 0.3) is 0 Å². The summed E-state index contributed by atoms with van der Waals surface area (Å²) in [6, 6.07) is 5.96. The Labute approximate surface area is 131 Å².